The molecule has 30 heavy (non-hydrogen) atoms. The van der Waals surface area contributed by atoms with Crippen LogP contribution in [-0.4, -0.2) is 44.3 Å². The number of rotatable bonds is 7. The number of fused-ring (bicyclic) bond motifs is 1. The fourth-order valence-corrected chi connectivity index (χ4v) is 4.34. The van der Waals surface area contributed by atoms with Crippen LogP contribution in [0.3, 0.4) is 0 Å². The van der Waals surface area contributed by atoms with Gasteiger partial charge in [-0.25, -0.2) is 0 Å². The molecule has 3 heterocycles. The number of nitrogens with one attached hydrogen (secondary N) is 1. The number of anilines is 1. The molecule has 0 saturated carbocycles. The Morgan fingerprint density at radius 2 is 1.83 bits per heavy atom. The molecule has 1 atom stereocenters. The Bertz CT molecular complexity index is 962. The van der Waals surface area contributed by atoms with Gasteiger partial charge in [-0.1, -0.05) is 57.0 Å². The highest BCUT2D eigenvalue weighted by Gasteiger charge is 2.29. The Morgan fingerprint density at radius 1 is 1.10 bits per heavy atom. The van der Waals surface area contributed by atoms with Crippen molar-refractivity contribution in [3.63, 3.8) is 0 Å². The lowest BCUT2D eigenvalue weighted by molar-refractivity contribution is -0.126. The van der Waals surface area contributed by atoms with Gasteiger partial charge in [0, 0.05) is 19.0 Å². The van der Waals surface area contributed by atoms with Gasteiger partial charge in [-0.05, 0) is 46.9 Å². The molecular formula is C22H29N7O. The van der Waals surface area contributed by atoms with Gasteiger partial charge in [0.05, 0.1) is 6.04 Å². The van der Waals surface area contributed by atoms with E-state index in [0.29, 0.717) is 11.6 Å². The number of amides is 1. The van der Waals surface area contributed by atoms with Crippen LogP contribution >= 0.6 is 0 Å². The lowest BCUT2D eigenvalue weighted by Crippen LogP contribution is -2.43. The molecule has 8 nitrogen and oxygen atoms in total. The van der Waals surface area contributed by atoms with Crippen LogP contribution in [0.25, 0.3) is 5.65 Å². The fraction of sp³-hybridized carbons (Fsp3) is 0.500. The zero-order valence-electron chi connectivity index (χ0n) is 17.6. The van der Waals surface area contributed by atoms with Crippen LogP contribution < -0.4 is 10.2 Å². The SMILES string of the molecule is CCC(CC)C(NC(=O)C1CCN(c2ccc3nnnn3n2)CC1)c1ccccc1. The smallest absolute Gasteiger partial charge is 0.223 e. The maximum absolute atomic E-state index is 13.1. The average molecular weight is 408 g/mol. The Labute approximate surface area is 176 Å². The first kappa shape index (κ1) is 20.3. The maximum Gasteiger partial charge on any atom is 0.223 e. The molecule has 4 rings (SSSR count). The first-order valence-electron chi connectivity index (χ1n) is 10.8. The quantitative estimate of drug-likeness (QED) is 0.648. The highest BCUT2D eigenvalue weighted by molar-refractivity contribution is 5.79. The monoisotopic (exact) mass is 407 g/mol. The number of aromatic nitrogens is 5. The molecule has 0 bridgehead atoms. The Hall–Kier alpha value is -3.03. The van der Waals surface area contributed by atoms with E-state index in [9.17, 15) is 4.79 Å². The summed E-state index contributed by atoms with van der Waals surface area (Å²) in [6.45, 7) is 5.98. The van der Waals surface area contributed by atoms with Crippen molar-refractivity contribution in [2.75, 3.05) is 18.0 Å². The van der Waals surface area contributed by atoms with Crippen molar-refractivity contribution in [1.82, 2.24) is 30.6 Å². The summed E-state index contributed by atoms with van der Waals surface area (Å²) < 4.78 is 1.44. The Morgan fingerprint density at radius 3 is 2.53 bits per heavy atom. The molecule has 1 N–H and O–H groups in total. The van der Waals surface area contributed by atoms with Crippen molar-refractivity contribution in [2.45, 2.75) is 45.6 Å². The normalized spacial score (nSPS) is 16.2. The minimum absolute atomic E-state index is 0.0265. The van der Waals surface area contributed by atoms with Gasteiger partial charge in [0.15, 0.2) is 11.5 Å². The number of hydrogen-bond donors (Lipinski definition) is 1. The average Bonchev–Trinajstić information content (AvgIpc) is 3.28. The molecule has 1 aliphatic rings. The highest BCUT2D eigenvalue weighted by Crippen LogP contribution is 2.29. The summed E-state index contributed by atoms with van der Waals surface area (Å²) >= 11 is 0. The molecule has 0 aliphatic carbocycles. The molecule has 1 amide bonds. The van der Waals surface area contributed by atoms with Gasteiger partial charge in [-0.3, -0.25) is 4.79 Å². The van der Waals surface area contributed by atoms with Gasteiger partial charge in [0.2, 0.25) is 5.91 Å². The van der Waals surface area contributed by atoms with Crippen molar-refractivity contribution < 1.29 is 4.79 Å². The van der Waals surface area contributed by atoms with E-state index in [-0.39, 0.29) is 17.9 Å². The van der Waals surface area contributed by atoms with Gasteiger partial charge < -0.3 is 10.2 Å². The van der Waals surface area contributed by atoms with Crippen LogP contribution in [0.4, 0.5) is 5.82 Å². The third kappa shape index (κ3) is 4.27. The van der Waals surface area contributed by atoms with Crippen LogP contribution in [0.2, 0.25) is 0 Å². The van der Waals surface area contributed by atoms with Crippen molar-refractivity contribution in [2.24, 2.45) is 11.8 Å². The zero-order valence-corrected chi connectivity index (χ0v) is 17.6. The van der Waals surface area contributed by atoms with E-state index < -0.39 is 0 Å². The molecule has 8 heteroatoms. The summed E-state index contributed by atoms with van der Waals surface area (Å²) in [6, 6.07) is 14.2. The van der Waals surface area contributed by atoms with Crippen LogP contribution in [-0.2, 0) is 4.79 Å². The molecular weight excluding hydrogens is 378 g/mol. The number of carbonyl (C=O) groups is 1. The molecule has 2 aromatic heterocycles. The number of nitrogens with zero attached hydrogens (tertiary/aromatic N) is 6. The number of benzene rings is 1. The van der Waals surface area contributed by atoms with E-state index in [0.717, 1.165) is 44.6 Å². The zero-order chi connectivity index (χ0) is 20.9. The van der Waals surface area contributed by atoms with Crippen molar-refractivity contribution in [3.05, 3.63) is 48.0 Å². The van der Waals surface area contributed by atoms with Gasteiger partial charge in [0.25, 0.3) is 0 Å². The molecule has 0 spiro atoms. The molecule has 0 radical (unpaired) electrons. The predicted molar refractivity (Wildman–Crippen MR) is 115 cm³/mol. The van der Waals surface area contributed by atoms with Gasteiger partial charge >= 0.3 is 0 Å². The lowest BCUT2D eigenvalue weighted by atomic mass is 9.87. The summed E-state index contributed by atoms with van der Waals surface area (Å²) in [6.07, 6.45) is 3.71. The largest absolute Gasteiger partial charge is 0.355 e. The summed E-state index contributed by atoms with van der Waals surface area (Å²) in [5, 5.41) is 19.2. The van der Waals surface area contributed by atoms with E-state index in [1.807, 2.05) is 30.3 Å². The van der Waals surface area contributed by atoms with Gasteiger partial charge in [-0.15, -0.1) is 14.8 Å². The second-order valence-electron chi connectivity index (χ2n) is 7.95. The first-order valence-corrected chi connectivity index (χ1v) is 10.8. The van der Waals surface area contributed by atoms with E-state index >= 15 is 0 Å². The lowest BCUT2D eigenvalue weighted by Gasteiger charge is -2.34. The topological polar surface area (TPSA) is 88.3 Å². The fourth-order valence-electron chi connectivity index (χ4n) is 4.34. The van der Waals surface area contributed by atoms with Crippen molar-refractivity contribution >= 4 is 17.4 Å². The Kier molecular flexibility index (Phi) is 6.21. The van der Waals surface area contributed by atoms with E-state index in [1.54, 1.807) is 0 Å². The molecule has 1 saturated heterocycles. The summed E-state index contributed by atoms with van der Waals surface area (Å²) in [5.41, 5.74) is 1.82. The summed E-state index contributed by atoms with van der Waals surface area (Å²) in [4.78, 5) is 15.3. The summed E-state index contributed by atoms with van der Waals surface area (Å²) in [5.74, 6) is 1.47. The molecule has 1 aromatic carbocycles. The number of piperidine rings is 1. The molecule has 1 fully saturated rings. The van der Waals surface area contributed by atoms with Crippen LogP contribution in [0.1, 0.15) is 51.1 Å². The van der Waals surface area contributed by atoms with Crippen molar-refractivity contribution in [3.8, 4) is 0 Å². The number of hydrogen-bond acceptors (Lipinski definition) is 6. The standard InChI is InChI=1S/C22H29N7O/c1-3-16(4-2)21(17-8-6-5-7-9-17)23-22(30)18-12-14-28(15-13-18)20-11-10-19-24-26-27-29(19)25-20/h5-11,16,18,21H,3-4,12-15H2,1-2H3,(H,23,30). The summed E-state index contributed by atoms with van der Waals surface area (Å²) in [7, 11) is 0. The van der Waals surface area contributed by atoms with Crippen molar-refractivity contribution in [1.29, 1.82) is 0 Å². The molecule has 1 aliphatic heterocycles. The molecule has 158 valence electrons. The highest BCUT2D eigenvalue weighted by atomic mass is 16.2. The Balaban J connectivity index is 1.40. The van der Waals surface area contributed by atoms with Crippen LogP contribution in [0.5, 0.6) is 0 Å². The minimum Gasteiger partial charge on any atom is -0.355 e. The van der Waals surface area contributed by atoms with Gasteiger partial charge in [0.1, 0.15) is 0 Å². The van der Waals surface area contributed by atoms with Gasteiger partial charge in [-0.2, -0.15) is 0 Å². The molecule has 1 unspecified atom stereocenters. The third-order valence-corrected chi connectivity index (χ3v) is 6.22. The predicted octanol–water partition coefficient (Wildman–Crippen LogP) is 3.03. The second kappa shape index (κ2) is 9.19. The minimum atomic E-state index is 0.0265. The van der Waals surface area contributed by atoms with E-state index in [4.69, 9.17) is 0 Å². The van der Waals surface area contributed by atoms with Crippen LogP contribution in [0.15, 0.2) is 42.5 Å². The van der Waals surface area contributed by atoms with E-state index in [2.05, 4.69) is 56.8 Å². The number of tetrazole rings is 1. The molecule has 3 aromatic rings. The van der Waals surface area contributed by atoms with Crippen LogP contribution in [0, 0.1) is 11.8 Å². The maximum atomic E-state index is 13.1. The first-order chi connectivity index (χ1) is 14.7. The third-order valence-electron chi connectivity index (χ3n) is 6.22. The van der Waals surface area contributed by atoms with E-state index in [1.165, 1.54) is 10.2 Å². The number of carbonyl (C=O) groups excluding carboxylic acids is 1. The second-order valence-corrected chi connectivity index (χ2v) is 7.95.